The smallest absolute Gasteiger partial charge is 0.264 e. The van der Waals surface area contributed by atoms with Crippen LogP contribution in [0.1, 0.15) is 40.1 Å². The molecule has 1 N–H and O–H groups in total. The van der Waals surface area contributed by atoms with Crippen molar-refractivity contribution in [1.82, 2.24) is 14.9 Å². The van der Waals surface area contributed by atoms with Crippen LogP contribution in [0, 0.1) is 18.8 Å². The number of benzene rings is 1. The number of nitrogens with zero attached hydrogens (tertiary/aromatic N) is 3. The number of carbonyl (C=O) groups is 1. The fraction of sp³-hybridized carbons (Fsp3) is 0.480. The average molecular weight is 499 g/mol. The molecule has 0 spiro atoms. The van der Waals surface area contributed by atoms with Gasteiger partial charge in [-0.1, -0.05) is 30.3 Å². The third-order valence-electron chi connectivity index (χ3n) is 7.07. The van der Waals surface area contributed by atoms with Gasteiger partial charge in [0, 0.05) is 19.6 Å². The van der Waals surface area contributed by atoms with Crippen molar-refractivity contribution in [3.8, 4) is 0 Å². The van der Waals surface area contributed by atoms with E-state index >= 15 is 0 Å². The number of hydrogen-bond donors (Lipinski definition) is 1. The summed E-state index contributed by atoms with van der Waals surface area (Å²) in [7, 11) is -2.91. The van der Waals surface area contributed by atoms with Crippen molar-refractivity contribution in [2.45, 2.75) is 32.6 Å². The number of thiophene rings is 1. The molecule has 0 aliphatic carbocycles. The van der Waals surface area contributed by atoms with Gasteiger partial charge in [0.25, 0.3) is 5.91 Å². The van der Waals surface area contributed by atoms with E-state index in [1.54, 1.807) is 0 Å². The van der Waals surface area contributed by atoms with E-state index in [2.05, 4.69) is 39.6 Å². The second-order valence-electron chi connectivity index (χ2n) is 9.53. The fourth-order valence-corrected chi connectivity index (χ4v) is 8.09. The molecule has 0 bridgehead atoms. The molecule has 4 heterocycles. The number of likely N-dealkylation sites (tertiary alicyclic amines) is 1. The highest BCUT2D eigenvalue weighted by Crippen LogP contribution is 2.35. The highest BCUT2D eigenvalue weighted by molar-refractivity contribution is 7.91. The van der Waals surface area contributed by atoms with E-state index in [1.807, 2.05) is 17.9 Å². The fourth-order valence-electron chi connectivity index (χ4n) is 5.11. The van der Waals surface area contributed by atoms with Gasteiger partial charge in [-0.05, 0) is 55.6 Å². The molecule has 9 heteroatoms. The van der Waals surface area contributed by atoms with Gasteiger partial charge in [0.15, 0.2) is 9.84 Å². The molecule has 0 unspecified atom stereocenters. The highest BCUT2D eigenvalue weighted by Gasteiger charge is 2.29. The minimum atomic E-state index is -2.91. The van der Waals surface area contributed by atoms with Gasteiger partial charge in [-0.3, -0.25) is 4.79 Å². The van der Waals surface area contributed by atoms with Gasteiger partial charge in [-0.2, -0.15) is 0 Å². The van der Waals surface area contributed by atoms with Crippen molar-refractivity contribution in [3.63, 3.8) is 0 Å². The summed E-state index contributed by atoms with van der Waals surface area (Å²) in [6.07, 6.45) is 5.28. The summed E-state index contributed by atoms with van der Waals surface area (Å²) in [6, 6.07) is 10.6. The lowest BCUT2D eigenvalue weighted by Crippen LogP contribution is -2.38. The molecule has 2 aliphatic heterocycles. The van der Waals surface area contributed by atoms with Gasteiger partial charge < -0.3 is 10.2 Å². The largest absolute Gasteiger partial charge is 0.369 e. The zero-order valence-electron chi connectivity index (χ0n) is 19.4. The van der Waals surface area contributed by atoms with Crippen molar-refractivity contribution < 1.29 is 13.2 Å². The molecular formula is C25H30N4O3S2. The molecular weight excluding hydrogens is 468 g/mol. The maximum Gasteiger partial charge on any atom is 0.264 e. The highest BCUT2D eigenvalue weighted by atomic mass is 32.2. The molecule has 2 aromatic heterocycles. The van der Waals surface area contributed by atoms with Crippen molar-refractivity contribution in [2.24, 2.45) is 11.8 Å². The van der Waals surface area contributed by atoms with Crippen molar-refractivity contribution >= 4 is 43.1 Å². The van der Waals surface area contributed by atoms with Crippen LogP contribution in [0.3, 0.4) is 0 Å². The Labute approximate surface area is 204 Å². The van der Waals surface area contributed by atoms with Crippen LogP contribution in [0.25, 0.3) is 10.2 Å². The lowest BCUT2D eigenvalue weighted by Gasteiger charge is -2.32. The quantitative estimate of drug-likeness (QED) is 0.553. The van der Waals surface area contributed by atoms with Crippen LogP contribution in [0.5, 0.6) is 0 Å². The van der Waals surface area contributed by atoms with Crippen molar-refractivity contribution in [3.05, 3.63) is 52.7 Å². The third-order valence-corrected chi connectivity index (χ3v) is 10.1. The first-order chi connectivity index (χ1) is 16.4. The van der Waals surface area contributed by atoms with Crippen molar-refractivity contribution in [2.75, 3.05) is 36.5 Å². The Morgan fingerprint density at radius 3 is 2.59 bits per heavy atom. The minimum absolute atomic E-state index is 0.0755. The first-order valence-corrected chi connectivity index (χ1v) is 14.5. The number of fused-ring (bicyclic) bond motifs is 1. The van der Waals surface area contributed by atoms with E-state index in [4.69, 9.17) is 0 Å². The number of piperidine rings is 1. The molecule has 2 saturated heterocycles. The molecule has 1 atom stereocenters. The summed E-state index contributed by atoms with van der Waals surface area (Å²) in [5, 5.41) is 4.21. The normalized spacial score (nSPS) is 20.6. The predicted octanol–water partition coefficient (Wildman–Crippen LogP) is 3.94. The molecule has 0 saturated carbocycles. The number of anilines is 1. The Balaban J connectivity index is 1.26. The summed E-state index contributed by atoms with van der Waals surface area (Å²) in [5.41, 5.74) is 2.26. The van der Waals surface area contributed by atoms with Crippen LogP contribution in [0.4, 0.5) is 5.82 Å². The van der Waals surface area contributed by atoms with Crippen LogP contribution >= 0.6 is 11.3 Å². The van der Waals surface area contributed by atoms with Crippen LogP contribution in [-0.4, -0.2) is 60.3 Å². The Hall–Kier alpha value is -2.52. The Bertz CT molecular complexity index is 1280. The second-order valence-corrected chi connectivity index (χ2v) is 12.8. The molecule has 3 aromatic rings. The molecule has 34 heavy (non-hydrogen) atoms. The molecule has 2 aliphatic rings. The van der Waals surface area contributed by atoms with Crippen LogP contribution in [0.2, 0.25) is 0 Å². The summed E-state index contributed by atoms with van der Waals surface area (Å²) in [6.45, 7) is 4.07. The van der Waals surface area contributed by atoms with Crippen LogP contribution in [0.15, 0.2) is 36.7 Å². The molecule has 1 aromatic carbocycles. The Morgan fingerprint density at radius 2 is 1.88 bits per heavy atom. The first kappa shape index (κ1) is 23.2. The number of aryl methyl sites for hydroxylation is 1. The van der Waals surface area contributed by atoms with Gasteiger partial charge in [0.2, 0.25) is 0 Å². The first-order valence-electron chi connectivity index (χ1n) is 11.9. The SMILES string of the molecule is Cc1c(C(=O)N2CCC(Cc3ccccc3)CC2)sc2ncnc(NC[C@H]3CCS(=O)(=O)C3)c12. The van der Waals surface area contributed by atoms with E-state index in [9.17, 15) is 13.2 Å². The lowest BCUT2D eigenvalue weighted by atomic mass is 9.90. The zero-order chi connectivity index (χ0) is 23.7. The van der Waals surface area contributed by atoms with Crippen molar-refractivity contribution in [1.29, 1.82) is 0 Å². The number of nitrogens with one attached hydrogen (secondary N) is 1. The number of amides is 1. The summed E-state index contributed by atoms with van der Waals surface area (Å²) in [4.78, 5) is 25.7. The molecule has 7 nitrogen and oxygen atoms in total. The lowest BCUT2D eigenvalue weighted by molar-refractivity contribution is 0.0695. The number of hydrogen-bond acceptors (Lipinski definition) is 7. The molecule has 180 valence electrons. The molecule has 1 amide bonds. The number of rotatable bonds is 6. The van der Waals surface area contributed by atoms with Gasteiger partial charge in [-0.25, -0.2) is 18.4 Å². The van der Waals surface area contributed by atoms with E-state index in [0.29, 0.717) is 24.7 Å². The number of aromatic nitrogens is 2. The molecule has 2 fully saturated rings. The van der Waals surface area contributed by atoms with Crippen LogP contribution in [-0.2, 0) is 16.3 Å². The second kappa shape index (κ2) is 9.62. The minimum Gasteiger partial charge on any atom is -0.369 e. The van der Waals surface area contributed by atoms with Crippen LogP contribution < -0.4 is 5.32 Å². The zero-order valence-corrected chi connectivity index (χ0v) is 21.0. The molecule has 0 radical (unpaired) electrons. The monoisotopic (exact) mass is 498 g/mol. The van der Waals surface area contributed by atoms with Gasteiger partial charge >= 0.3 is 0 Å². The number of sulfone groups is 1. The summed E-state index contributed by atoms with van der Waals surface area (Å²) in [5.74, 6) is 1.94. The van der Waals surface area contributed by atoms with Gasteiger partial charge in [0.1, 0.15) is 17.0 Å². The topological polar surface area (TPSA) is 92.3 Å². The van der Waals surface area contributed by atoms with E-state index in [-0.39, 0.29) is 23.3 Å². The van der Waals surface area contributed by atoms with E-state index in [0.717, 1.165) is 53.0 Å². The summed E-state index contributed by atoms with van der Waals surface area (Å²) >= 11 is 1.42. The standard InChI is InChI=1S/C25H30N4O3S2/c1-17-21-23(26-14-20-9-12-34(31,32)15-20)27-16-28-24(21)33-22(17)25(30)29-10-7-19(8-11-29)13-18-5-3-2-4-6-18/h2-6,16,19-20H,7-15H2,1H3,(H,26,27,28)/t20-/m1/s1. The third kappa shape index (κ3) is 4.95. The van der Waals surface area contributed by atoms with E-state index in [1.165, 1.54) is 23.2 Å². The Morgan fingerprint density at radius 1 is 1.12 bits per heavy atom. The maximum absolute atomic E-state index is 13.4. The Kier molecular flexibility index (Phi) is 6.57. The van der Waals surface area contributed by atoms with Gasteiger partial charge in [0.05, 0.1) is 21.8 Å². The van der Waals surface area contributed by atoms with Gasteiger partial charge in [-0.15, -0.1) is 11.3 Å². The van der Waals surface area contributed by atoms with E-state index < -0.39 is 9.84 Å². The predicted molar refractivity (Wildman–Crippen MR) is 136 cm³/mol. The maximum atomic E-state index is 13.4. The summed E-state index contributed by atoms with van der Waals surface area (Å²) < 4.78 is 23.5. The molecule has 5 rings (SSSR count). The number of carbonyl (C=O) groups excluding carboxylic acids is 1. The average Bonchev–Trinajstić information content (AvgIpc) is 3.37.